The van der Waals surface area contributed by atoms with Crippen LogP contribution < -0.4 is 9.47 Å². The number of aliphatic carboxylic acids is 1. The van der Waals surface area contributed by atoms with Gasteiger partial charge >= 0.3 is 5.97 Å². The van der Waals surface area contributed by atoms with Crippen molar-refractivity contribution in [2.24, 2.45) is 5.92 Å². The summed E-state index contributed by atoms with van der Waals surface area (Å²) in [4.78, 5) is 12.1. The average Bonchev–Trinajstić information content (AvgIpc) is 2.97. The molecular weight excluding hydrogens is 416 g/mol. The van der Waals surface area contributed by atoms with Gasteiger partial charge in [0.1, 0.15) is 0 Å². The van der Waals surface area contributed by atoms with Gasteiger partial charge in [-0.2, -0.15) is 0 Å². The van der Waals surface area contributed by atoms with Crippen LogP contribution in [0.4, 0.5) is 0 Å². The maximum atomic E-state index is 10.9. The Morgan fingerprint density at radius 3 is 2.83 bits per heavy atom. The Balaban J connectivity index is 2.27. The summed E-state index contributed by atoms with van der Waals surface area (Å²) in [7, 11) is 1.60. The van der Waals surface area contributed by atoms with E-state index in [1.54, 1.807) is 25.4 Å². The van der Waals surface area contributed by atoms with E-state index in [0.717, 1.165) is 26.7 Å². The van der Waals surface area contributed by atoms with Crippen molar-refractivity contribution in [1.82, 2.24) is 0 Å². The zero-order valence-corrected chi connectivity index (χ0v) is 16.8. The van der Waals surface area contributed by atoms with Gasteiger partial charge in [-0.1, -0.05) is 34.5 Å². The molecule has 0 aliphatic heterocycles. The second kappa shape index (κ2) is 8.92. The number of hydrogen-bond acceptors (Lipinski definition) is 4. The van der Waals surface area contributed by atoms with Crippen molar-refractivity contribution in [2.75, 3.05) is 19.0 Å². The molecular formula is C17H20BrClO4S. The lowest BCUT2D eigenvalue weighted by Gasteiger charge is -2.12. The molecule has 1 aromatic carbocycles. The normalized spacial score (nSPS) is 12.3. The van der Waals surface area contributed by atoms with Gasteiger partial charge in [0.15, 0.2) is 11.5 Å². The van der Waals surface area contributed by atoms with Gasteiger partial charge in [-0.25, -0.2) is 0 Å². The number of carboxylic acid groups (broad SMARTS) is 1. The summed E-state index contributed by atoms with van der Waals surface area (Å²) in [6.07, 6.45) is 2.19. The van der Waals surface area contributed by atoms with Crippen LogP contribution in [0.3, 0.4) is 0 Å². The van der Waals surface area contributed by atoms with E-state index in [1.807, 2.05) is 12.1 Å². The smallest absolute Gasteiger partial charge is 0.306 e. The van der Waals surface area contributed by atoms with Crippen molar-refractivity contribution in [2.45, 2.75) is 26.2 Å². The summed E-state index contributed by atoms with van der Waals surface area (Å²) in [5, 5.41) is 11.3. The molecule has 1 atom stereocenters. The third-order valence-electron chi connectivity index (χ3n) is 3.72. The van der Waals surface area contributed by atoms with Crippen LogP contribution in [-0.2, 0) is 11.2 Å². The molecule has 0 aliphatic carbocycles. The molecule has 1 unspecified atom stereocenters. The number of ether oxygens (including phenoxy) is 2. The van der Waals surface area contributed by atoms with Crippen LogP contribution in [0.1, 0.15) is 24.6 Å². The highest BCUT2D eigenvalue weighted by molar-refractivity contribution is 9.09. The van der Waals surface area contributed by atoms with Gasteiger partial charge in [0.2, 0.25) is 0 Å². The quantitative estimate of drug-likeness (QED) is 0.424. The first-order valence-electron chi connectivity index (χ1n) is 7.68. The van der Waals surface area contributed by atoms with Crippen molar-refractivity contribution < 1.29 is 19.4 Å². The second-order valence-corrected chi connectivity index (χ2v) is 7.85. The number of carbonyl (C=O) groups is 1. The average molecular weight is 436 g/mol. The maximum Gasteiger partial charge on any atom is 0.306 e. The molecule has 7 heteroatoms. The van der Waals surface area contributed by atoms with E-state index in [2.05, 4.69) is 15.9 Å². The fraction of sp³-hybridized carbons (Fsp3) is 0.471. The first-order chi connectivity index (χ1) is 11.5. The number of methoxy groups -OCH3 is 1. The first kappa shape index (κ1) is 19.3. The van der Waals surface area contributed by atoms with Gasteiger partial charge in [0.25, 0.3) is 0 Å². The van der Waals surface area contributed by atoms with Gasteiger partial charge in [-0.3, -0.25) is 4.79 Å². The summed E-state index contributed by atoms with van der Waals surface area (Å²) in [6.45, 7) is 2.28. The summed E-state index contributed by atoms with van der Waals surface area (Å²) in [5.41, 5.74) is 0. The van der Waals surface area contributed by atoms with Crippen LogP contribution in [0, 0.1) is 5.92 Å². The molecule has 0 fully saturated rings. The Hall–Kier alpha value is -0.980. The van der Waals surface area contributed by atoms with Gasteiger partial charge in [0, 0.05) is 26.4 Å². The van der Waals surface area contributed by atoms with Gasteiger partial charge in [-0.05, 0) is 25.3 Å². The maximum absolute atomic E-state index is 10.9. The number of halogens is 2. The molecule has 24 heavy (non-hydrogen) atoms. The molecule has 1 aromatic heterocycles. The molecule has 0 spiro atoms. The second-order valence-electron chi connectivity index (χ2n) is 5.52. The largest absolute Gasteiger partial charge is 0.493 e. The van der Waals surface area contributed by atoms with E-state index >= 15 is 0 Å². The number of fused-ring (bicyclic) bond motifs is 1. The standard InChI is InChI=1S/C17H20BrClO4S/c1-10(17(20)21)4-5-11-8-12-14(24-11)9-13(22-2)16(15(12)19)23-7-3-6-18/h8-10H,3-7H2,1-2H3,(H,20,21). The van der Waals surface area contributed by atoms with Crippen LogP contribution in [-0.4, -0.2) is 30.1 Å². The molecule has 0 radical (unpaired) electrons. The van der Waals surface area contributed by atoms with E-state index in [0.29, 0.717) is 36.0 Å². The van der Waals surface area contributed by atoms with E-state index in [1.165, 1.54) is 0 Å². The van der Waals surface area contributed by atoms with Gasteiger partial charge < -0.3 is 14.6 Å². The van der Waals surface area contributed by atoms with E-state index in [-0.39, 0.29) is 5.92 Å². The molecule has 1 N–H and O–H groups in total. The molecule has 1 heterocycles. The van der Waals surface area contributed by atoms with Crippen molar-refractivity contribution >= 4 is 54.9 Å². The van der Waals surface area contributed by atoms with Gasteiger partial charge in [0.05, 0.1) is 24.7 Å². The van der Waals surface area contributed by atoms with E-state index in [9.17, 15) is 4.79 Å². The Bertz CT molecular complexity index is 716. The monoisotopic (exact) mass is 434 g/mol. The Labute approximate surface area is 158 Å². The Morgan fingerprint density at radius 2 is 2.21 bits per heavy atom. The Morgan fingerprint density at radius 1 is 1.46 bits per heavy atom. The molecule has 132 valence electrons. The number of rotatable bonds is 9. The fourth-order valence-corrected chi connectivity index (χ4v) is 3.98. The van der Waals surface area contributed by atoms with Gasteiger partial charge in [-0.15, -0.1) is 11.3 Å². The number of hydrogen-bond donors (Lipinski definition) is 1. The third-order valence-corrected chi connectivity index (χ3v) is 5.80. The topological polar surface area (TPSA) is 55.8 Å². The van der Waals surface area contributed by atoms with Crippen LogP contribution in [0.25, 0.3) is 10.1 Å². The number of thiophene rings is 1. The molecule has 0 saturated heterocycles. The number of aryl methyl sites for hydroxylation is 1. The summed E-state index contributed by atoms with van der Waals surface area (Å²) >= 11 is 11.5. The minimum Gasteiger partial charge on any atom is -0.493 e. The zero-order valence-electron chi connectivity index (χ0n) is 13.6. The molecule has 0 saturated carbocycles. The highest BCUT2D eigenvalue weighted by Gasteiger charge is 2.18. The summed E-state index contributed by atoms with van der Waals surface area (Å²) < 4.78 is 12.2. The number of alkyl halides is 1. The van der Waals surface area contributed by atoms with Crippen LogP contribution in [0.15, 0.2) is 12.1 Å². The van der Waals surface area contributed by atoms with Crippen molar-refractivity contribution in [3.8, 4) is 11.5 Å². The van der Waals surface area contributed by atoms with Crippen molar-refractivity contribution in [3.05, 3.63) is 22.0 Å². The minimum absolute atomic E-state index is 0.358. The summed E-state index contributed by atoms with van der Waals surface area (Å²) in [5.74, 6) is 0.0619. The fourth-order valence-electron chi connectivity index (χ4n) is 2.27. The highest BCUT2D eigenvalue weighted by atomic mass is 79.9. The molecule has 0 bridgehead atoms. The lowest BCUT2D eigenvalue weighted by molar-refractivity contribution is -0.141. The van der Waals surface area contributed by atoms with E-state index in [4.69, 9.17) is 26.2 Å². The minimum atomic E-state index is -0.765. The predicted molar refractivity (Wildman–Crippen MR) is 102 cm³/mol. The zero-order chi connectivity index (χ0) is 17.7. The predicted octanol–water partition coefficient (Wildman–Crippen LogP) is 5.38. The lowest BCUT2D eigenvalue weighted by Crippen LogP contribution is -2.09. The lowest BCUT2D eigenvalue weighted by atomic mass is 10.1. The van der Waals surface area contributed by atoms with Crippen LogP contribution in [0.2, 0.25) is 5.02 Å². The molecule has 4 nitrogen and oxygen atoms in total. The Kier molecular flexibility index (Phi) is 7.19. The number of benzene rings is 1. The van der Waals surface area contributed by atoms with Crippen molar-refractivity contribution in [3.63, 3.8) is 0 Å². The van der Waals surface area contributed by atoms with E-state index < -0.39 is 5.97 Å². The van der Waals surface area contributed by atoms with Crippen LogP contribution in [0.5, 0.6) is 11.5 Å². The summed E-state index contributed by atoms with van der Waals surface area (Å²) in [6, 6.07) is 3.95. The molecule has 2 aromatic rings. The SMILES string of the molecule is COc1cc2sc(CCC(C)C(=O)O)cc2c(Cl)c1OCCCBr. The highest BCUT2D eigenvalue weighted by Crippen LogP contribution is 2.44. The molecule has 0 amide bonds. The number of carboxylic acids is 1. The first-order valence-corrected chi connectivity index (χ1v) is 10.00. The third kappa shape index (κ3) is 4.55. The van der Waals surface area contributed by atoms with Crippen LogP contribution >= 0.6 is 38.9 Å². The van der Waals surface area contributed by atoms with Crippen molar-refractivity contribution in [1.29, 1.82) is 0 Å². The molecule has 2 rings (SSSR count). The molecule has 0 aliphatic rings.